The van der Waals surface area contributed by atoms with Crippen molar-refractivity contribution >= 4 is 8.25 Å². The van der Waals surface area contributed by atoms with E-state index in [0.717, 1.165) is 0 Å². The molecule has 0 aromatic carbocycles. The van der Waals surface area contributed by atoms with Crippen LogP contribution in [0.3, 0.4) is 0 Å². The summed E-state index contributed by atoms with van der Waals surface area (Å²) in [7, 11) is -1.98. The Kier molecular flexibility index (Phi) is 6.29. The van der Waals surface area contributed by atoms with Gasteiger partial charge in [0.25, 0.3) is 0 Å². The van der Waals surface area contributed by atoms with E-state index in [1.54, 1.807) is 0 Å². The van der Waals surface area contributed by atoms with E-state index >= 15 is 0 Å². The molecule has 0 N–H and O–H groups in total. The van der Waals surface area contributed by atoms with Gasteiger partial charge in [-0.3, -0.25) is 0 Å². The van der Waals surface area contributed by atoms with Gasteiger partial charge in [-0.2, -0.15) is 0 Å². The highest BCUT2D eigenvalue weighted by Crippen LogP contribution is 2.27. The molecular weight excluding hydrogens is 219 g/mol. The smallest absolute Gasteiger partial charge is 0.370 e. The lowest BCUT2D eigenvalue weighted by Gasteiger charge is -1.85. The fourth-order valence-electron chi connectivity index (χ4n) is 0.654. The largest absolute Gasteiger partial charge is 0.697 e. The van der Waals surface area contributed by atoms with Crippen molar-refractivity contribution in [3.63, 3.8) is 0 Å². The molecule has 0 spiro atoms. The number of rotatable bonds is 6. The van der Waals surface area contributed by atoms with Crippen molar-refractivity contribution in [3.05, 3.63) is 0 Å². The molecule has 2 heterocycles. The van der Waals surface area contributed by atoms with Crippen molar-refractivity contribution in [1.29, 1.82) is 0 Å². The molecule has 0 radical (unpaired) electrons. The van der Waals surface area contributed by atoms with Gasteiger partial charge in [-0.25, -0.2) is 0 Å². The predicted octanol–water partition coefficient (Wildman–Crippen LogP) is 1.89. The quantitative estimate of drug-likeness (QED) is 0.521. The Morgan fingerprint density at radius 3 is 1.73 bits per heavy atom. The van der Waals surface area contributed by atoms with Crippen LogP contribution >= 0.6 is 8.25 Å². The molecule has 0 saturated carbocycles. The molecule has 2 saturated heterocycles. The normalized spacial score (nSPS) is 27.7. The second-order valence-corrected chi connectivity index (χ2v) is 4.40. The van der Waals surface area contributed by atoms with Gasteiger partial charge in [-0.05, 0) is 0 Å². The summed E-state index contributed by atoms with van der Waals surface area (Å²) < 4.78 is 30.3. The maximum atomic E-state index is 10.9. The summed E-state index contributed by atoms with van der Waals surface area (Å²) in [6.45, 7) is 6.38. The summed E-state index contributed by atoms with van der Waals surface area (Å²) in [6.07, 6.45) is 1.51. The van der Waals surface area contributed by atoms with E-state index in [9.17, 15) is 4.57 Å². The van der Waals surface area contributed by atoms with Gasteiger partial charge in [-0.15, -0.1) is 9.05 Å². The van der Waals surface area contributed by atoms with E-state index in [4.69, 9.17) is 18.5 Å². The first kappa shape index (κ1) is 13.0. The molecule has 5 nitrogen and oxygen atoms in total. The molecular formula is C9H18O5P+. The lowest BCUT2D eigenvalue weighted by atomic mass is 10.5. The summed E-state index contributed by atoms with van der Waals surface area (Å²) in [5.41, 5.74) is 0. The van der Waals surface area contributed by atoms with Crippen LogP contribution in [0.4, 0.5) is 0 Å². The van der Waals surface area contributed by atoms with Crippen LogP contribution < -0.4 is 0 Å². The molecule has 88 valence electrons. The highest BCUT2D eigenvalue weighted by Gasteiger charge is 2.33. The lowest BCUT2D eigenvalue weighted by Crippen LogP contribution is -1.99. The van der Waals surface area contributed by atoms with Gasteiger partial charge in [0, 0.05) is 4.57 Å². The molecule has 2 rings (SSSR count). The first-order valence-corrected chi connectivity index (χ1v) is 6.32. The Balaban J connectivity index is 0.000000337. The van der Waals surface area contributed by atoms with Gasteiger partial charge in [0.15, 0.2) is 0 Å². The van der Waals surface area contributed by atoms with E-state index < -0.39 is 8.25 Å². The van der Waals surface area contributed by atoms with Crippen LogP contribution in [-0.2, 0) is 23.1 Å². The monoisotopic (exact) mass is 237 g/mol. The van der Waals surface area contributed by atoms with Crippen LogP contribution in [0.15, 0.2) is 0 Å². The van der Waals surface area contributed by atoms with Crippen LogP contribution in [0.25, 0.3) is 0 Å². The Bertz CT molecular complexity index is 173. The third-order valence-electron chi connectivity index (χ3n) is 1.54. The van der Waals surface area contributed by atoms with E-state index in [1.807, 2.05) is 0 Å². The van der Waals surface area contributed by atoms with E-state index in [0.29, 0.717) is 26.4 Å². The highest BCUT2D eigenvalue weighted by molar-refractivity contribution is 7.33. The summed E-state index contributed by atoms with van der Waals surface area (Å²) in [6, 6.07) is 0. The zero-order valence-corrected chi connectivity index (χ0v) is 10.1. The third kappa shape index (κ3) is 7.82. The molecule has 2 aliphatic rings. The number of hydrogen-bond acceptors (Lipinski definition) is 5. The summed E-state index contributed by atoms with van der Waals surface area (Å²) in [5.74, 6) is 0. The van der Waals surface area contributed by atoms with Crippen LogP contribution in [-0.4, -0.2) is 38.6 Å². The fraction of sp³-hybridized carbons (Fsp3) is 1.00. The Labute approximate surface area is 91.0 Å². The summed E-state index contributed by atoms with van der Waals surface area (Å²) >= 11 is 0. The molecule has 2 unspecified atom stereocenters. The minimum absolute atomic E-state index is 0.129. The SMILES string of the molecule is CCC.O=[P+](OCC1CO1)OCC1CO1. The summed E-state index contributed by atoms with van der Waals surface area (Å²) in [5, 5.41) is 0. The maximum Gasteiger partial charge on any atom is 0.697 e. The molecule has 0 aromatic heterocycles. The van der Waals surface area contributed by atoms with E-state index in [-0.39, 0.29) is 12.2 Å². The van der Waals surface area contributed by atoms with E-state index in [1.165, 1.54) is 6.42 Å². The standard InChI is InChI=1S/C6H10O5P.C3H8/c7-12(10-3-5-1-8-5)11-4-6-2-9-6;1-3-2/h5-6H,1-4H2;3H2,1-2H3/q+1;. The van der Waals surface area contributed by atoms with Crippen molar-refractivity contribution in [2.75, 3.05) is 26.4 Å². The van der Waals surface area contributed by atoms with E-state index in [2.05, 4.69) is 13.8 Å². The first-order chi connectivity index (χ1) is 7.26. The Morgan fingerprint density at radius 1 is 1.13 bits per heavy atom. The number of hydrogen-bond donors (Lipinski definition) is 0. The van der Waals surface area contributed by atoms with Crippen molar-refractivity contribution < 1.29 is 23.1 Å². The Morgan fingerprint density at radius 2 is 1.47 bits per heavy atom. The van der Waals surface area contributed by atoms with Crippen LogP contribution in [0.5, 0.6) is 0 Å². The summed E-state index contributed by atoms with van der Waals surface area (Å²) in [4.78, 5) is 0. The average Bonchev–Trinajstić information content (AvgIpc) is 3.05. The zero-order chi connectivity index (χ0) is 11.1. The molecule has 2 fully saturated rings. The number of epoxide rings is 2. The topological polar surface area (TPSA) is 60.6 Å². The van der Waals surface area contributed by atoms with Gasteiger partial charge < -0.3 is 9.47 Å². The zero-order valence-electron chi connectivity index (χ0n) is 9.18. The van der Waals surface area contributed by atoms with Crippen LogP contribution in [0.2, 0.25) is 0 Å². The molecule has 0 aliphatic carbocycles. The molecule has 2 aliphatic heterocycles. The first-order valence-electron chi connectivity index (χ1n) is 5.22. The van der Waals surface area contributed by atoms with Gasteiger partial charge in [-0.1, -0.05) is 20.3 Å². The van der Waals surface area contributed by atoms with Crippen LogP contribution in [0, 0.1) is 0 Å². The average molecular weight is 237 g/mol. The molecule has 2 atom stereocenters. The van der Waals surface area contributed by atoms with Crippen molar-refractivity contribution in [2.45, 2.75) is 32.5 Å². The van der Waals surface area contributed by atoms with Crippen molar-refractivity contribution in [2.24, 2.45) is 0 Å². The molecule has 6 heteroatoms. The maximum absolute atomic E-state index is 10.9. The number of ether oxygens (including phenoxy) is 2. The predicted molar refractivity (Wildman–Crippen MR) is 55.0 cm³/mol. The second-order valence-electron chi connectivity index (χ2n) is 3.43. The molecule has 0 bridgehead atoms. The van der Waals surface area contributed by atoms with Gasteiger partial charge in [0.05, 0.1) is 13.2 Å². The van der Waals surface area contributed by atoms with Crippen molar-refractivity contribution in [1.82, 2.24) is 0 Å². The Hall–Kier alpha value is -0.0600. The van der Waals surface area contributed by atoms with Gasteiger partial charge in [0.1, 0.15) is 25.4 Å². The lowest BCUT2D eigenvalue weighted by molar-refractivity contribution is 0.194. The minimum atomic E-state index is -1.98. The van der Waals surface area contributed by atoms with Gasteiger partial charge in [0.2, 0.25) is 0 Å². The molecule has 0 amide bonds. The van der Waals surface area contributed by atoms with Gasteiger partial charge >= 0.3 is 8.25 Å². The highest BCUT2D eigenvalue weighted by atomic mass is 31.1. The second kappa shape index (κ2) is 7.25. The molecule has 15 heavy (non-hydrogen) atoms. The molecule has 0 aromatic rings. The minimum Gasteiger partial charge on any atom is -0.370 e. The fourth-order valence-corrected chi connectivity index (χ4v) is 1.30. The van der Waals surface area contributed by atoms with Crippen LogP contribution in [0.1, 0.15) is 20.3 Å². The third-order valence-corrected chi connectivity index (χ3v) is 2.26. The van der Waals surface area contributed by atoms with Crippen molar-refractivity contribution in [3.8, 4) is 0 Å².